The molecule has 6 atom stereocenters. The maximum Gasteiger partial charge on any atom is 0.304 e. The molecule has 0 aromatic carbocycles. The molecule has 3 saturated carbocycles. The molecule has 0 unspecified atom stereocenters. The van der Waals surface area contributed by atoms with Crippen LogP contribution in [-0.4, -0.2) is 22.5 Å². The normalized spacial score (nSPS) is 45.7. The summed E-state index contributed by atoms with van der Waals surface area (Å²) in [4.78, 5) is 11.8. The molecule has 4 aliphatic carbocycles. The molecule has 4 rings (SSSR count). The molecule has 0 saturated heterocycles. The van der Waals surface area contributed by atoms with Crippen molar-refractivity contribution in [1.82, 2.24) is 0 Å². The van der Waals surface area contributed by atoms with Crippen molar-refractivity contribution in [2.75, 3.05) is 0 Å². The van der Waals surface area contributed by atoms with Crippen molar-refractivity contribution in [3.05, 3.63) is 11.6 Å². The Kier molecular flexibility index (Phi) is 4.17. The average molecular weight is 355 g/mol. The third-order valence-corrected chi connectivity index (χ3v) is 8.11. The van der Waals surface area contributed by atoms with Crippen molar-refractivity contribution in [1.29, 1.82) is 0 Å². The summed E-state index contributed by atoms with van der Waals surface area (Å²) in [6.45, 7) is 3.74. The molecule has 3 fully saturated rings. The number of terminal acetylenes is 1. The number of oxime groups is 1. The molecular formula is C22H29NO3. The van der Waals surface area contributed by atoms with Crippen LogP contribution >= 0.6 is 0 Å². The van der Waals surface area contributed by atoms with Gasteiger partial charge in [-0.1, -0.05) is 23.6 Å². The summed E-state index contributed by atoms with van der Waals surface area (Å²) >= 11 is 0. The molecule has 0 radical (unpaired) electrons. The van der Waals surface area contributed by atoms with Crippen LogP contribution in [0.5, 0.6) is 0 Å². The summed E-state index contributed by atoms with van der Waals surface area (Å²) in [7, 11) is 0. The van der Waals surface area contributed by atoms with Crippen LogP contribution in [0.1, 0.15) is 65.2 Å². The Morgan fingerprint density at radius 1 is 1.27 bits per heavy atom. The molecular weight excluding hydrogens is 326 g/mol. The van der Waals surface area contributed by atoms with E-state index in [1.807, 2.05) is 0 Å². The molecule has 0 heterocycles. The summed E-state index contributed by atoms with van der Waals surface area (Å²) in [6.07, 6.45) is 16.3. The number of ether oxygens (including phenoxy) is 1. The second-order valence-electron chi connectivity index (χ2n) is 8.99. The number of rotatable bonds is 1. The van der Waals surface area contributed by atoms with Gasteiger partial charge in [0, 0.05) is 12.3 Å². The van der Waals surface area contributed by atoms with E-state index in [1.54, 1.807) is 0 Å². The van der Waals surface area contributed by atoms with Crippen LogP contribution in [0.25, 0.3) is 0 Å². The largest absolute Gasteiger partial charge is 0.445 e. The highest BCUT2D eigenvalue weighted by Crippen LogP contribution is 2.65. The van der Waals surface area contributed by atoms with Gasteiger partial charge in [-0.15, -0.1) is 6.42 Å². The molecule has 0 amide bonds. The number of allylic oxidation sites excluding steroid dienone is 2. The summed E-state index contributed by atoms with van der Waals surface area (Å²) in [5.74, 6) is 5.17. The van der Waals surface area contributed by atoms with Gasteiger partial charge in [0.25, 0.3) is 0 Å². The highest BCUT2D eigenvalue weighted by atomic mass is 16.6. The fourth-order valence-corrected chi connectivity index (χ4v) is 6.95. The zero-order valence-corrected chi connectivity index (χ0v) is 15.8. The molecule has 4 aliphatic rings. The zero-order chi connectivity index (χ0) is 18.5. The number of esters is 1. The van der Waals surface area contributed by atoms with Crippen LogP contribution in [0.15, 0.2) is 16.8 Å². The summed E-state index contributed by atoms with van der Waals surface area (Å²) in [5.41, 5.74) is 1.48. The van der Waals surface area contributed by atoms with Crippen LogP contribution in [0.3, 0.4) is 0 Å². The van der Waals surface area contributed by atoms with Gasteiger partial charge in [0.15, 0.2) is 5.60 Å². The minimum Gasteiger partial charge on any atom is -0.445 e. The van der Waals surface area contributed by atoms with Crippen molar-refractivity contribution in [3.63, 3.8) is 0 Å². The lowest BCUT2D eigenvalue weighted by molar-refractivity contribution is -0.167. The molecule has 1 N–H and O–H groups in total. The average Bonchev–Trinajstić information content (AvgIpc) is 2.93. The Labute approximate surface area is 156 Å². The predicted molar refractivity (Wildman–Crippen MR) is 99.6 cm³/mol. The van der Waals surface area contributed by atoms with E-state index < -0.39 is 5.60 Å². The van der Waals surface area contributed by atoms with Crippen LogP contribution in [-0.2, 0) is 9.53 Å². The third kappa shape index (κ3) is 2.36. The van der Waals surface area contributed by atoms with E-state index >= 15 is 0 Å². The standard InChI is InChI=1S/C22H29NO3/c1-4-22(26-14(2)24)12-10-20-19-7-5-15-13-16(23-25)6-8-17(15)18(19)9-11-21(20,22)3/h1,13,17-20,25H,5-12H2,2-3H3/b23-16+/t17-,18+,19+,20-,21-,22+/m0/s1. The van der Waals surface area contributed by atoms with E-state index in [9.17, 15) is 4.79 Å². The van der Waals surface area contributed by atoms with Gasteiger partial charge < -0.3 is 9.94 Å². The highest BCUT2D eigenvalue weighted by Gasteiger charge is 2.64. The van der Waals surface area contributed by atoms with Gasteiger partial charge in [0.1, 0.15) is 0 Å². The van der Waals surface area contributed by atoms with E-state index in [-0.39, 0.29) is 11.4 Å². The molecule has 0 aliphatic heterocycles. The number of fused-ring (bicyclic) bond motifs is 5. The Hall–Kier alpha value is -1.76. The monoisotopic (exact) mass is 355 g/mol. The van der Waals surface area contributed by atoms with Crippen molar-refractivity contribution < 1.29 is 14.7 Å². The third-order valence-electron chi connectivity index (χ3n) is 8.11. The first-order valence-electron chi connectivity index (χ1n) is 10.0. The van der Waals surface area contributed by atoms with Crippen molar-refractivity contribution in [2.24, 2.45) is 34.2 Å². The molecule has 26 heavy (non-hydrogen) atoms. The molecule has 0 aromatic rings. The topological polar surface area (TPSA) is 58.9 Å². The van der Waals surface area contributed by atoms with Gasteiger partial charge in [-0.3, -0.25) is 4.79 Å². The number of hydrogen-bond acceptors (Lipinski definition) is 4. The van der Waals surface area contributed by atoms with E-state index in [0.29, 0.717) is 23.7 Å². The van der Waals surface area contributed by atoms with Gasteiger partial charge in [0.05, 0.1) is 5.71 Å². The molecule has 0 bridgehead atoms. The number of nitrogens with zero attached hydrogens (tertiary/aromatic N) is 1. The molecule has 0 spiro atoms. The fraction of sp³-hybridized carbons (Fsp3) is 0.727. The maximum absolute atomic E-state index is 11.8. The van der Waals surface area contributed by atoms with Crippen LogP contribution in [0.4, 0.5) is 0 Å². The molecule has 4 heteroatoms. The Bertz CT molecular complexity index is 717. The fourth-order valence-electron chi connectivity index (χ4n) is 6.95. The molecule has 4 nitrogen and oxygen atoms in total. The minimum atomic E-state index is -0.728. The maximum atomic E-state index is 11.8. The van der Waals surface area contributed by atoms with Gasteiger partial charge in [-0.25, -0.2) is 0 Å². The quantitative estimate of drug-likeness (QED) is 0.330. The summed E-state index contributed by atoms with van der Waals surface area (Å²) in [6, 6.07) is 0. The van der Waals surface area contributed by atoms with E-state index in [2.05, 4.69) is 24.1 Å². The van der Waals surface area contributed by atoms with Crippen molar-refractivity contribution in [2.45, 2.75) is 70.8 Å². The molecule has 140 valence electrons. The SMILES string of the molecule is C#C[C@@]1(OC(C)=O)CC[C@H]2[C@@H]3CCC4=C/C(=N/O)CC[C@@H]4[C@H]3CC[C@@]21C. The van der Waals surface area contributed by atoms with E-state index in [4.69, 9.17) is 16.4 Å². The van der Waals surface area contributed by atoms with Gasteiger partial charge in [-0.05, 0) is 81.1 Å². The van der Waals surface area contributed by atoms with Crippen LogP contribution in [0.2, 0.25) is 0 Å². The summed E-state index contributed by atoms with van der Waals surface area (Å²) < 4.78 is 5.81. The van der Waals surface area contributed by atoms with E-state index in [1.165, 1.54) is 18.9 Å². The Morgan fingerprint density at radius 2 is 2.08 bits per heavy atom. The van der Waals surface area contributed by atoms with Crippen molar-refractivity contribution in [3.8, 4) is 12.3 Å². The second-order valence-corrected chi connectivity index (χ2v) is 8.99. The number of carbonyl (C=O) groups is 1. The predicted octanol–water partition coefficient (Wildman–Crippen LogP) is 4.32. The number of hydrogen-bond donors (Lipinski definition) is 1. The molecule has 0 aromatic heterocycles. The van der Waals surface area contributed by atoms with Crippen LogP contribution < -0.4 is 0 Å². The first-order valence-corrected chi connectivity index (χ1v) is 10.0. The first kappa shape index (κ1) is 17.6. The lowest BCUT2D eigenvalue weighted by atomic mass is 9.50. The van der Waals surface area contributed by atoms with Gasteiger partial charge >= 0.3 is 5.97 Å². The lowest BCUT2D eigenvalue weighted by Gasteiger charge is -2.55. The van der Waals surface area contributed by atoms with Crippen molar-refractivity contribution >= 4 is 11.7 Å². The Morgan fingerprint density at radius 3 is 2.77 bits per heavy atom. The van der Waals surface area contributed by atoms with Gasteiger partial charge in [-0.2, -0.15) is 0 Å². The first-order chi connectivity index (χ1) is 12.4. The van der Waals surface area contributed by atoms with Crippen LogP contribution in [0, 0.1) is 41.4 Å². The summed E-state index contributed by atoms with van der Waals surface area (Å²) in [5, 5.41) is 12.5. The van der Waals surface area contributed by atoms with E-state index in [0.717, 1.165) is 50.7 Å². The smallest absolute Gasteiger partial charge is 0.304 e. The lowest BCUT2D eigenvalue weighted by Crippen LogP contribution is -2.53. The van der Waals surface area contributed by atoms with Gasteiger partial charge in [0.2, 0.25) is 0 Å². The minimum absolute atomic E-state index is 0.109. The zero-order valence-electron chi connectivity index (χ0n) is 15.8. The highest BCUT2D eigenvalue weighted by molar-refractivity contribution is 5.96. The number of carbonyl (C=O) groups excluding carboxylic acids is 1. The Balaban J connectivity index is 1.63. The second kappa shape index (κ2) is 6.15.